The molecule has 1 aromatic rings. The molecule has 0 aromatic heterocycles. The molecule has 1 amide bonds. The number of hydrogen-bond acceptors (Lipinski definition) is 3. The molecule has 28 heavy (non-hydrogen) atoms. The van der Waals surface area contributed by atoms with Crippen LogP contribution in [-0.2, 0) is 10.0 Å². The van der Waals surface area contributed by atoms with Crippen molar-refractivity contribution in [2.24, 2.45) is 23.2 Å². The maximum absolute atomic E-state index is 12.8. The predicted molar refractivity (Wildman–Crippen MR) is 109 cm³/mol. The van der Waals surface area contributed by atoms with Crippen molar-refractivity contribution in [2.45, 2.75) is 57.3 Å². The van der Waals surface area contributed by atoms with Gasteiger partial charge in [0.1, 0.15) is 0 Å². The summed E-state index contributed by atoms with van der Waals surface area (Å²) >= 11 is 0. The quantitative estimate of drug-likeness (QED) is 0.754. The van der Waals surface area contributed by atoms with Gasteiger partial charge in [-0.15, -0.1) is 0 Å². The van der Waals surface area contributed by atoms with Crippen LogP contribution in [0.3, 0.4) is 0 Å². The number of hydrogen-bond donors (Lipinski definition) is 1. The number of carbonyl (C=O) groups excluding carboxylic acids is 1. The highest BCUT2D eigenvalue weighted by atomic mass is 32.2. The number of sulfonamides is 1. The van der Waals surface area contributed by atoms with Gasteiger partial charge in [0.15, 0.2) is 0 Å². The number of carbonyl (C=O) groups is 1. The van der Waals surface area contributed by atoms with Gasteiger partial charge in [-0.1, -0.05) is 19.9 Å². The summed E-state index contributed by atoms with van der Waals surface area (Å²) in [4.78, 5) is 13.0. The van der Waals surface area contributed by atoms with Gasteiger partial charge in [0.25, 0.3) is 5.91 Å². The fraction of sp³-hybridized carbons (Fsp3) is 0.682. The lowest BCUT2D eigenvalue weighted by molar-refractivity contribution is -0.0503. The van der Waals surface area contributed by atoms with Crippen LogP contribution in [0.15, 0.2) is 29.2 Å². The molecule has 1 N–H and O–H groups in total. The maximum atomic E-state index is 12.8. The Morgan fingerprint density at radius 1 is 1.07 bits per heavy atom. The standard InChI is InChI=1S/C22H32N2O3S/c1-3-24(4-2)28(26,27)20-7-5-6-19(11-20)21(25)23-15-22-12-16-8-17(13-22)10-18(9-16)14-22/h5-7,11,16-18H,3-4,8-10,12-15H2,1-2H3,(H,23,25). The largest absolute Gasteiger partial charge is 0.351 e. The van der Waals surface area contributed by atoms with Gasteiger partial charge in [-0.3, -0.25) is 4.79 Å². The van der Waals surface area contributed by atoms with Gasteiger partial charge >= 0.3 is 0 Å². The minimum atomic E-state index is -3.56. The van der Waals surface area contributed by atoms with E-state index < -0.39 is 10.0 Å². The summed E-state index contributed by atoms with van der Waals surface area (Å²) in [6, 6.07) is 6.46. The van der Waals surface area contributed by atoms with E-state index in [0.717, 1.165) is 24.3 Å². The Morgan fingerprint density at radius 2 is 1.64 bits per heavy atom. The minimum absolute atomic E-state index is 0.160. The molecule has 0 heterocycles. The molecular weight excluding hydrogens is 372 g/mol. The number of nitrogens with one attached hydrogen (secondary N) is 1. The first-order valence-corrected chi connectivity index (χ1v) is 12.2. The van der Waals surface area contributed by atoms with Gasteiger partial charge in [-0.05, 0) is 79.9 Å². The molecule has 5 nitrogen and oxygen atoms in total. The highest BCUT2D eigenvalue weighted by Crippen LogP contribution is 2.59. The highest BCUT2D eigenvalue weighted by molar-refractivity contribution is 7.89. The van der Waals surface area contributed by atoms with Gasteiger partial charge in [0, 0.05) is 25.2 Å². The number of nitrogens with zero attached hydrogens (tertiary/aromatic N) is 1. The van der Waals surface area contributed by atoms with E-state index in [1.807, 2.05) is 13.8 Å². The highest BCUT2D eigenvalue weighted by Gasteiger charge is 2.50. The van der Waals surface area contributed by atoms with Gasteiger partial charge in [-0.2, -0.15) is 4.31 Å². The van der Waals surface area contributed by atoms with Crippen molar-refractivity contribution in [1.29, 1.82) is 0 Å². The molecule has 0 atom stereocenters. The van der Waals surface area contributed by atoms with E-state index in [0.29, 0.717) is 18.7 Å². The molecule has 4 bridgehead atoms. The van der Waals surface area contributed by atoms with Crippen molar-refractivity contribution in [3.63, 3.8) is 0 Å². The van der Waals surface area contributed by atoms with Crippen LogP contribution in [0.2, 0.25) is 0 Å². The lowest BCUT2D eigenvalue weighted by Gasteiger charge is -2.56. The molecule has 4 fully saturated rings. The van der Waals surface area contributed by atoms with Crippen molar-refractivity contribution in [1.82, 2.24) is 9.62 Å². The Morgan fingerprint density at radius 3 is 2.18 bits per heavy atom. The molecular formula is C22H32N2O3S. The predicted octanol–water partition coefficient (Wildman–Crippen LogP) is 3.66. The first-order valence-electron chi connectivity index (χ1n) is 10.7. The van der Waals surface area contributed by atoms with E-state index in [9.17, 15) is 13.2 Å². The Balaban J connectivity index is 1.46. The molecule has 0 spiro atoms. The third-order valence-electron chi connectivity index (χ3n) is 7.23. The van der Waals surface area contributed by atoms with Crippen molar-refractivity contribution in [3.05, 3.63) is 29.8 Å². The molecule has 154 valence electrons. The lowest BCUT2D eigenvalue weighted by Crippen LogP contribution is -2.51. The van der Waals surface area contributed by atoms with Gasteiger partial charge in [0.05, 0.1) is 4.90 Å². The smallest absolute Gasteiger partial charge is 0.251 e. The first-order chi connectivity index (χ1) is 13.3. The van der Waals surface area contributed by atoms with Gasteiger partial charge in [-0.25, -0.2) is 8.42 Å². The summed E-state index contributed by atoms with van der Waals surface area (Å²) in [6.07, 6.45) is 7.90. The summed E-state index contributed by atoms with van der Waals surface area (Å²) in [5, 5.41) is 3.14. The molecule has 0 radical (unpaired) electrons. The number of amides is 1. The van der Waals surface area contributed by atoms with Crippen LogP contribution < -0.4 is 5.32 Å². The molecule has 4 saturated carbocycles. The molecule has 0 aliphatic heterocycles. The zero-order valence-electron chi connectivity index (χ0n) is 17.0. The zero-order chi connectivity index (χ0) is 19.9. The van der Waals surface area contributed by atoms with Gasteiger partial charge < -0.3 is 5.32 Å². The topological polar surface area (TPSA) is 66.5 Å². The lowest BCUT2D eigenvalue weighted by atomic mass is 9.49. The van der Waals surface area contributed by atoms with Gasteiger partial charge in [0.2, 0.25) is 10.0 Å². The Kier molecular flexibility index (Phi) is 5.29. The normalized spacial score (nSPS) is 31.3. The summed E-state index contributed by atoms with van der Waals surface area (Å²) < 4.78 is 26.9. The molecule has 1 aromatic carbocycles. The monoisotopic (exact) mass is 404 g/mol. The first kappa shape index (κ1) is 19.9. The van der Waals surface area contributed by atoms with Crippen LogP contribution in [0.5, 0.6) is 0 Å². The summed E-state index contributed by atoms with van der Waals surface area (Å²) in [5.74, 6) is 2.40. The van der Waals surface area contributed by atoms with Crippen LogP contribution in [0.4, 0.5) is 0 Å². The average molecular weight is 405 g/mol. The van der Waals surface area contributed by atoms with Crippen molar-refractivity contribution in [3.8, 4) is 0 Å². The van der Waals surface area contributed by atoms with E-state index in [1.165, 1.54) is 48.9 Å². The molecule has 6 heteroatoms. The number of rotatable bonds is 7. The fourth-order valence-corrected chi connectivity index (χ4v) is 7.89. The van der Waals surface area contributed by atoms with Crippen LogP contribution >= 0.6 is 0 Å². The van der Waals surface area contributed by atoms with Crippen molar-refractivity contribution >= 4 is 15.9 Å². The second kappa shape index (κ2) is 7.45. The molecule has 4 aliphatic rings. The van der Waals surface area contributed by atoms with E-state index >= 15 is 0 Å². The van der Waals surface area contributed by atoms with E-state index in [2.05, 4.69) is 5.32 Å². The molecule has 4 aliphatic carbocycles. The maximum Gasteiger partial charge on any atom is 0.251 e. The molecule has 0 unspecified atom stereocenters. The van der Waals surface area contributed by atoms with Crippen molar-refractivity contribution in [2.75, 3.05) is 19.6 Å². The van der Waals surface area contributed by atoms with E-state index in [-0.39, 0.29) is 16.2 Å². The summed E-state index contributed by atoms with van der Waals surface area (Å²) in [6.45, 7) is 5.21. The fourth-order valence-electron chi connectivity index (χ4n) is 6.39. The van der Waals surface area contributed by atoms with Crippen LogP contribution in [-0.4, -0.2) is 38.3 Å². The summed E-state index contributed by atoms with van der Waals surface area (Å²) in [7, 11) is -3.56. The van der Waals surface area contributed by atoms with Crippen LogP contribution in [0.25, 0.3) is 0 Å². The average Bonchev–Trinajstić information content (AvgIpc) is 2.66. The Bertz CT molecular complexity index is 810. The molecule has 5 rings (SSSR count). The van der Waals surface area contributed by atoms with E-state index in [4.69, 9.17) is 0 Å². The second-order valence-corrected chi connectivity index (χ2v) is 11.2. The Labute approximate surface area is 168 Å². The Hall–Kier alpha value is -1.40. The molecule has 0 saturated heterocycles. The second-order valence-electron chi connectivity index (χ2n) is 9.22. The van der Waals surface area contributed by atoms with Crippen molar-refractivity contribution < 1.29 is 13.2 Å². The van der Waals surface area contributed by atoms with Crippen LogP contribution in [0.1, 0.15) is 62.7 Å². The summed E-state index contributed by atoms with van der Waals surface area (Å²) in [5.41, 5.74) is 0.702. The van der Waals surface area contributed by atoms with Crippen LogP contribution in [0, 0.1) is 23.2 Å². The SMILES string of the molecule is CCN(CC)S(=O)(=O)c1cccc(C(=O)NCC23CC4CC(CC(C4)C2)C3)c1. The third-order valence-corrected chi connectivity index (χ3v) is 9.27. The van der Waals surface area contributed by atoms with E-state index in [1.54, 1.807) is 18.2 Å². The number of benzene rings is 1. The minimum Gasteiger partial charge on any atom is -0.351 e. The zero-order valence-corrected chi connectivity index (χ0v) is 17.8. The third kappa shape index (κ3) is 3.61.